The van der Waals surface area contributed by atoms with E-state index in [0.717, 1.165) is 30.7 Å². The van der Waals surface area contributed by atoms with Gasteiger partial charge in [-0.2, -0.15) is 0 Å². The summed E-state index contributed by atoms with van der Waals surface area (Å²) < 4.78 is 0. The van der Waals surface area contributed by atoms with E-state index in [4.69, 9.17) is 0 Å². The molecule has 1 amide bonds. The molecule has 1 N–H and O–H groups in total. The smallest absolute Gasteiger partial charge is 0.277 e. The molecule has 0 heterocycles. The van der Waals surface area contributed by atoms with Crippen molar-refractivity contribution in [1.82, 2.24) is 5.06 Å². The van der Waals surface area contributed by atoms with E-state index in [1.54, 1.807) is 12.1 Å². The molecule has 0 spiro atoms. The number of hydrogen-bond donors (Lipinski definition) is 1. The van der Waals surface area contributed by atoms with Gasteiger partial charge in [0.25, 0.3) is 5.91 Å². The lowest BCUT2D eigenvalue weighted by molar-refractivity contribution is -0.0963. The maximum absolute atomic E-state index is 11.9. The molecule has 1 aliphatic rings. The number of carbonyl (C=O) groups excluding carboxylic acids is 1. The van der Waals surface area contributed by atoms with Crippen molar-refractivity contribution >= 4 is 5.91 Å². The van der Waals surface area contributed by atoms with Crippen LogP contribution in [0.1, 0.15) is 42.5 Å². The van der Waals surface area contributed by atoms with Crippen LogP contribution in [-0.4, -0.2) is 22.2 Å². The van der Waals surface area contributed by atoms with Gasteiger partial charge in [-0.3, -0.25) is 10.0 Å². The highest BCUT2D eigenvalue weighted by molar-refractivity contribution is 5.93. The Labute approximate surface area is 95.6 Å². The number of hydroxylamine groups is 2. The predicted octanol–water partition coefficient (Wildman–Crippen LogP) is 2.85. The van der Waals surface area contributed by atoms with Crippen molar-refractivity contribution in [3.05, 3.63) is 35.9 Å². The molecule has 0 unspecified atom stereocenters. The van der Waals surface area contributed by atoms with E-state index in [-0.39, 0.29) is 11.9 Å². The van der Waals surface area contributed by atoms with Crippen LogP contribution in [0.3, 0.4) is 0 Å². The minimum atomic E-state index is -0.285. The molecule has 0 atom stereocenters. The van der Waals surface area contributed by atoms with Crippen molar-refractivity contribution in [2.45, 2.75) is 38.1 Å². The molecule has 1 aliphatic carbocycles. The first kappa shape index (κ1) is 11.1. The van der Waals surface area contributed by atoms with E-state index in [1.807, 2.05) is 18.2 Å². The fourth-order valence-corrected chi connectivity index (χ4v) is 2.20. The van der Waals surface area contributed by atoms with Gasteiger partial charge in [-0.25, -0.2) is 5.06 Å². The maximum Gasteiger partial charge on any atom is 0.277 e. The van der Waals surface area contributed by atoms with Crippen LogP contribution in [0.25, 0.3) is 0 Å². The summed E-state index contributed by atoms with van der Waals surface area (Å²) in [6.07, 6.45) is 5.24. The van der Waals surface area contributed by atoms with Crippen LogP contribution in [0.15, 0.2) is 30.3 Å². The van der Waals surface area contributed by atoms with Gasteiger partial charge >= 0.3 is 0 Å². The number of hydrogen-bond acceptors (Lipinski definition) is 2. The number of benzene rings is 1. The van der Waals surface area contributed by atoms with Gasteiger partial charge in [0.1, 0.15) is 0 Å². The molecule has 0 radical (unpaired) electrons. The van der Waals surface area contributed by atoms with E-state index in [1.165, 1.54) is 6.42 Å². The lowest BCUT2D eigenvalue weighted by Crippen LogP contribution is -2.38. The Morgan fingerprint density at radius 1 is 1.12 bits per heavy atom. The summed E-state index contributed by atoms with van der Waals surface area (Å²) >= 11 is 0. The zero-order valence-corrected chi connectivity index (χ0v) is 9.30. The molecular weight excluding hydrogens is 202 g/mol. The second-order valence-corrected chi connectivity index (χ2v) is 4.31. The third kappa shape index (κ3) is 2.42. The molecule has 3 nitrogen and oxygen atoms in total. The minimum Gasteiger partial charge on any atom is -0.285 e. The van der Waals surface area contributed by atoms with E-state index in [0.29, 0.717) is 5.56 Å². The Bertz CT molecular complexity index is 344. The van der Waals surface area contributed by atoms with Gasteiger partial charge in [-0.05, 0) is 25.0 Å². The normalized spacial score (nSPS) is 17.1. The second-order valence-electron chi connectivity index (χ2n) is 4.31. The molecule has 1 aromatic rings. The monoisotopic (exact) mass is 219 g/mol. The SMILES string of the molecule is O=C(c1ccccc1)N(O)C1CCCCC1. The van der Waals surface area contributed by atoms with Crippen LogP contribution in [0.4, 0.5) is 0 Å². The lowest BCUT2D eigenvalue weighted by atomic mass is 9.95. The molecule has 86 valence electrons. The van der Waals surface area contributed by atoms with Crippen LogP contribution in [-0.2, 0) is 0 Å². The van der Waals surface area contributed by atoms with Gasteiger partial charge in [0.2, 0.25) is 0 Å². The summed E-state index contributed by atoms with van der Waals surface area (Å²) in [5, 5.41) is 10.8. The van der Waals surface area contributed by atoms with Crippen molar-refractivity contribution in [3.8, 4) is 0 Å². The molecule has 3 heteroatoms. The highest BCUT2D eigenvalue weighted by Gasteiger charge is 2.24. The molecule has 0 aromatic heterocycles. The van der Waals surface area contributed by atoms with Crippen molar-refractivity contribution in [2.24, 2.45) is 0 Å². The molecule has 1 saturated carbocycles. The fraction of sp³-hybridized carbons (Fsp3) is 0.462. The fourth-order valence-electron chi connectivity index (χ4n) is 2.20. The predicted molar refractivity (Wildman–Crippen MR) is 61.3 cm³/mol. The van der Waals surface area contributed by atoms with Crippen LogP contribution < -0.4 is 0 Å². The molecule has 2 rings (SSSR count). The third-order valence-corrected chi connectivity index (χ3v) is 3.15. The number of amides is 1. The summed E-state index contributed by atoms with van der Waals surface area (Å²) in [4.78, 5) is 11.9. The summed E-state index contributed by atoms with van der Waals surface area (Å²) in [5.74, 6) is -0.285. The summed E-state index contributed by atoms with van der Waals surface area (Å²) in [7, 11) is 0. The summed E-state index contributed by atoms with van der Waals surface area (Å²) in [5.41, 5.74) is 0.551. The van der Waals surface area contributed by atoms with Gasteiger partial charge in [0.05, 0.1) is 6.04 Å². The Morgan fingerprint density at radius 2 is 1.75 bits per heavy atom. The van der Waals surface area contributed by atoms with Crippen molar-refractivity contribution in [2.75, 3.05) is 0 Å². The quantitative estimate of drug-likeness (QED) is 0.613. The second kappa shape index (κ2) is 5.12. The van der Waals surface area contributed by atoms with Crippen molar-refractivity contribution in [3.63, 3.8) is 0 Å². The molecule has 0 bridgehead atoms. The van der Waals surface area contributed by atoms with Crippen molar-refractivity contribution in [1.29, 1.82) is 0 Å². The van der Waals surface area contributed by atoms with Gasteiger partial charge < -0.3 is 0 Å². The minimum absolute atomic E-state index is 0.00135. The molecule has 1 fully saturated rings. The molecule has 1 aromatic carbocycles. The topological polar surface area (TPSA) is 40.5 Å². The average molecular weight is 219 g/mol. The van der Waals surface area contributed by atoms with E-state index in [9.17, 15) is 10.0 Å². The largest absolute Gasteiger partial charge is 0.285 e. The molecule has 0 aliphatic heterocycles. The van der Waals surface area contributed by atoms with Crippen LogP contribution in [0.2, 0.25) is 0 Å². The van der Waals surface area contributed by atoms with Crippen LogP contribution >= 0.6 is 0 Å². The van der Waals surface area contributed by atoms with E-state index < -0.39 is 0 Å². The van der Waals surface area contributed by atoms with Gasteiger partial charge in [-0.1, -0.05) is 37.5 Å². The zero-order chi connectivity index (χ0) is 11.4. The number of rotatable bonds is 2. The zero-order valence-electron chi connectivity index (χ0n) is 9.30. The van der Waals surface area contributed by atoms with Crippen molar-refractivity contribution < 1.29 is 10.0 Å². The Balaban J connectivity index is 2.04. The highest BCUT2D eigenvalue weighted by Crippen LogP contribution is 2.22. The maximum atomic E-state index is 11.9. The lowest BCUT2D eigenvalue weighted by Gasteiger charge is -2.29. The molecular formula is C13H17NO2. The first-order valence-electron chi connectivity index (χ1n) is 5.86. The molecule has 16 heavy (non-hydrogen) atoms. The van der Waals surface area contributed by atoms with Gasteiger partial charge in [0, 0.05) is 5.56 Å². The molecule has 0 saturated heterocycles. The number of nitrogens with zero attached hydrogens (tertiary/aromatic N) is 1. The first-order chi connectivity index (χ1) is 7.79. The van der Waals surface area contributed by atoms with E-state index in [2.05, 4.69) is 0 Å². The Morgan fingerprint density at radius 3 is 2.38 bits per heavy atom. The summed E-state index contributed by atoms with van der Waals surface area (Å²) in [6, 6.07) is 8.94. The van der Waals surface area contributed by atoms with Crippen LogP contribution in [0, 0.1) is 0 Å². The average Bonchev–Trinajstić information content (AvgIpc) is 2.39. The standard InChI is InChI=1S/C13H17NO2/c15-13(11-7-3-1-4-8-11)14(16)12-9-5-2-6-10-12/h1,3-4,7-8,12,16H,2,5-6,9-10H2. The van der Waals surface area contributed by atoms with E-state index >= 15 is 0 Å². The first-order valence-corrected chi connectivity index (χ1v) is 5.86. The Hall–Kier alpha value is -1.35. The summed E-state index contributed by atoms with van der Waals surface area (Å²) in [6.45, 7) is 0. The Kier molecular flexibility index (Phi) is 3.57. The van der Waals surface area contributed by atoms with Gasteiger partial charge in [-0.15, -0.1) is 0 Å². The van der Waals surface area contributed by atoms with Crippen LogP contribution in [0.5, 0.6) is 0 Å². The third-order valence-electron chi connectivity index (χ3n) is 3.15. The highest BCUT2D eigenvalue weighted by atomic mass is 16.5. The number of carbonyl (C=O) groups is 1. The van der Waals surface area contributed by atoms with Gasteiger partial charge in [0.15, 0.2) is 0 Å².